The molecule has 1 aliphatic rings. The second-order valence-corrected chi connectivity index (χ2v) is 5.17. The number of nitrogens with zero attached hydrogens (tertiary/aromatic N) is 2. The Balaban J connectivity index is 2.21. The van der Waals surface area contributed by atoms with Crippen LogP contribution in [0.15, 0.2) is 22.8 Å². The van der Waals surface area contributed by atoms with E-state index < -0.39 is 0 Å². The Hall–Kier alpha value is -0.540. The van der Waals surface area contributed by atoms with E-state index in [0.717, 1.165) is 14.9 Å². The maximum Gasteiger partial charge on any atom is 0.0698 e. The number of fused-ring (bicyclic) bond motifs is 1. The van der Waals surface area contributed by atoms with Crippen molar-refractivity contribution < 1.29 is 0 Å². The van der Waals surface area contributed by atoms with E-state index in [4.69, 9.17) is 11.6 Å². The molecule has 15 heavy (non-hydrogen) atoms. The maximum atomic E-state index is 6.04. The lowest BCUT2D eigenvalue weighted by Gasteiger charge is -2.26. The molecule has 4 heteroatoms. The molecule has 78 valence electrons. The summed E-state index contributed by atoms with van der Waals surface area (Å²) >= 11 is 9.54. The van der Waals surface area contributed by atoms with Gasteiger partial charge in [-0.05, 0) is 47.3 Å². The topological polar surface area (TPSA) is 17.8 Å². The Morgan fingerprint density at radius 3 is 2.87 bits per heavy atom. The minimum atomic E-state index is 0.593. The van der Waals surface area contributed by atoms with Crippen molar-refractivity contribution >= 4 is 38.4 Å². The number of hydrogen-bond acceptors (Lipinski definition) is 1. The van der Waals surface area contributed by atoms with Gasteiger partial charge in [0.15, 0.2) is 0 Å². The van der Waals surface area contributed by atoms with Crippen molar-refractivity contribution in [2.75, 3.05) is 0 Å². The predicted molar refractivity (Wildman–Crippen MR) is 65.3 cm³/mol. The fourth-order valence-corrected chi connectivity index (χ4v) is 2.59. The van der Waals surface area contributed by atoms with E-state index in [0.29, 0.717) is 6.04 Å². The average Bonchev–Trinajstić information content (AvgIpc) is 2.54. The number of aromatic nitrogens is 2. The molecular formula is C11H10BrClN2. The fraction of sp³-hybridized carbons (Fsp3) is 0.364. The van der Waals surface area contributed by atoms with Gasteiger partial charge in [-0.15, -0.1) is 0 Å². The first-order valence-electron chi connectivity index (χ1n) is 5.08. The van der Waals surface area contributed by atoms with Gasteiger partial charge in [0.2, 0.25) is 0 Å². The van der Waals surface area contributed by atoms with Gasteiger partial charge in [-0.1, -0.05) is 11.6 Å². The lowest BCUT2D eigenvalue weighted by molar-refractivity contribution is 0.297. The first kappa shape index (κ1) is 9.67. The van der Waals surface area contributed by atoms with Crippen LogP contribution in [0.1, 0.15) is 25.3 Å². The van der Waals surface area contributed by atoms with E-state index in [1.165, 1.54) is 24.8 Å². The standard InChI is InChI=1S/C11H10BrClN2/c12-11-8-6-14-15(7-2-1-3-7)10(8)5-4-9(11)13/h4-7H,1-3H2. The molecule has 1 heterocycles. The molecular weight excluding hydrogens is 275 g/mol. The van der Waals surface area contributed by atoms with E-state index in [1.807, 2.05) is 18.3 Å². The van der Waals surface area contributed by atoms with Gasteiger partial charge in [0.1, 0.15) is 0 Å². The van der Waals surface area contributed by atoms with Crippen molar-refractivity contribution in [2.45, 2.75) is 25.3 Å². The summed E-state index contributed by atoms with van der Waals surface area (Å²) in [4.78, 5) is 0. The van der Waals surface area contributed by atoms with Gasteiger partial charge in [-0.3, -0.25) is 4.68 Å². The summed E-state index contributed by atoms with van der Waals surface area (Å²) in [7, 11) is 0. The number of hydrogen-bond donors (Lipinski definition) is 0. The van der Waals surface area contributed by atoms with Crippen molar-refractivity contribution in [3.63, 3.8) is 0 Å². The lowest BCUT2D eigenvalue weighted by Crippen LogP contribution is -2.17. The highest BCUT2D eigenvalue weighted by atomic mass is 79.9. The number of halogens is 2. The fourth-order valence-electron chi connectivity index (χ4n) is 1.98. The third-order valence-corrected chi connectivity index (χ3v) is 4.49. The minimum Gasteiger partial charge on any atom is -0.262 e. The van der Waals surface area contributed by atoms with Gasteiger partial charge in [-0.25, -0.2) is 0 Å². The molecule has 0 unspecified atom stereocenters. The van der Waals surface area contributed by atoms with Gasteiger partial charge >= 0.3 is 0 Å². The van der Waals surface area contributed by atoms with Gasteiger partial charge in [0, 0.05) is 9.86 Å². The molecule has 0 atom stereocenters. The zero-order valence-corrected chi connectivity index (χ0v) is 10.4. The second-order valence-electron chi connectivity index (χ2n) is 3.97. The van der Waals surface area contributed by atoms with Gasteiger partial charge in [0.05, 0.1) is 22.8 Å². The first-order chi connectivity index (χ1) is 7.27. The smallest absolute Gasteiger partial charge is 0.0698 e. The van der Waals surface area contributed by atoms with E-state index in [9.17, 15) is 0 Å². The van der Waals surface area contributed by atoms with Crippen LogP contribution < -0.4 is 0 Å². The molecule has 1 aliphatic carbocycles. The van der Waals surface area contributed by atoms with Crippen molar-refractivity contribution in [1.29, 1.82) is 0 Å². The SMILES string of the molecule is Clc1ccc2c(cnn2C2CCC2)c1Br. The minimum absolute atomic E-state index is 0.593. The molecule has 1 fully saturated rings. The van der Waals surface area contributed by atoms with Crippen molar-refractivity contribution in [2.24, 2.45) is 0 Å². The quantitative estimate of drug-likeness (QED) is 0.768. The predicted octanol–water partition coefficient (Wildman–Crippen LogP) is 4.18. The van der Waals surface area contributed by atoms with Crippen LogP contribution in [-0.4, -0.2) is 9.78 Å². The molecule has 2 aromatic rings. The highest BCUT2D eigenvalue weighted by Crippen LogP contribution is 2.36. The summed E-state index contributed by atoms with van der Waals surface area (Å²) in [5, 5.41) is 6.30. The van der Waals surface area contributed by atoms with E-state index in [2.05, 4.69) is 25.7 Å². The lowest BCUT2D eigenvalue weighted by atomic mass is 9.93. The molecule has 0 amide bonds. The molecule has 3 rings (SSSR count). The van der Waals surface area contributed by atoms with Crippen LogP contribution >= 0.6 is 27.5 Å². The second kappa shape index (κ2) is 3.49. The summed E-state index contributed by atoms with van der Waals surface area (Å²) in [6, 6.07) is 4.56. The van der Waals surface area contributed by atoms with Crippen LogP contribution in [0, 0.1) is 0 Å². The summed E-state index contributed by atoms with van der Waals surface area (Å²) in [5.41, 5.74) is 1.18. The molecule has 1 aromatic carbocycles. The molecule has 0 bridgehead atoms. The molecule has 0 saturated heterocycles. The Kier molecular flexibility index (Phi) is 2.25. The maximum absolute atomic E-state index is 6.04. The molecule has 1 saturated carbocycles. The van der Waals surface area contributed by atoms with E-state index >= 15 is 0 Å². The van der Waals surface area contributed by atoms with E-state index in [-0.39, 0.29) is 0 Å². The van der Waals surface area contributed by atoms with Crippen LogP contribution in [0.3, 0.4) is 0 Å². The van der Waals surface area contributed by atoms with Gasteiger partial charge in [-0.2, -0.15) is 5.10 Å². The molecule has 0 radical (unpaired) electrons. The number of benzene rings is 1. The van der Waals surface area contributed by atoms with Crippen molar-refractivity contribution in [1.82, 2.24) is 9.78 Å². The Morgan fingerprint density at radius 2 is 2.20 bits per heavy atom. The average molecular weight is 286 g/mol. The first-order valence-corrected chi connectivity index (χ1v) is 6.25. The van der Waals surface area contributed by atoms with Crippen LogP contribution in [0.4, 0.5) is 0 Å². The molecule has 0 spiro atoms. The van der Waals surface area contributed by atoms with Crippen LogP contribution in [0.25, 0.3) is 10.9 Å². The number of rotatable bonds is 1. The molecule has 2 nitrogen and oxygen atoms in total. The monoisotopic (exact) mass is 284 g/mol. The van der Waals surface area contributed by atoms with Crippen LogP contribution in [0.2, 0.25) is 5.02 Å². The zero-order valence-electron chi connectivity index (χ0n) is 8.08. The molecule has 0 aliphatic heterocycles. The summed E-state index contributed by atoms with van der Waals surface area (Å²) in [6.07, 6.45) is 5.71. The Bertz CT molecular complexity index is 517. The summed E-state index contributed by atoms with van der Waals surface area (Å²) in [6.45, 7) is 0. The molecule has 0 N–H and O–H groups in total. The van der Waals surface area contributed by atoms with Gasteiger partial charge in [0.25, 0.3) is 0 Å². The van der Waals surface area contributed by atoms with Gasteiger partial charge < -0.3 is 0 Å². The summed E-state index contributed by atoms with van der Waals surface area (Å²) < 4.78 is 3.08. The molecule has 1 aromatic heterocycles. The van der Waals surface area contributed by atoms with Crippen LogP contribution in [0.5, 0.6) is 0 Å². The van der Waals surface area contributed by atoms with Crippen molar-refractivity contribution in [3.8, 4) is 0 Å². The third kappa shape index (κ3) is 1.41. The van der Waals surface area contributed by atoms with Crippen LogP contribution in [-0.2, 0) is 0 Å². The zero-order chi connectivity index (χ0) is 10.4. The Labute approximate surface area is 101 Å². The normalized spacial score (nSPS) is 16.9. The third-order valence-electron chi connectivity index (χ3n) is 3.09. The van der Waals surface area contributed by atoms with E-state index in [1.54, 1.807) is 0 Å². The summed E-state index contributed by atoms with van der Waals surface area (Å²) in [5.74, 6) is 0. The highest BCUT2D eigenvalue weighted by Gasteiger charge is 2.22. The Morgan fingerprint density at radius 1 is 1.40 bits per heavy atom. The van der Waals surface area contributed by atoms with Crippen molar-refractivity contribution in [3.05, 3.63) is 27.8 Å². The highest BCUT2D eigenvalue weighted by molar-refractivity contribution is 9.10. The largest absolute Gasteiger partial charge is 0.262 e.